The zero-order chi connectivity index (χ0) is 23.1. The molecular weight excluding hydrogens is 443 g/mol. The lowest BCUT2D eigenvalue weighted by atomic mass is 9.69. The molecule has 0 amide bonds. The molecule has 1 fully saturated rings. The van der Waals surface area contributed by atoms with Crippen LogP contribution in [0.1, 0.15) is 24.6 Å². The number of fused-ring (bicyclic) bond motifs is 2. The van der Waals surface area contributed by atoms with Crippen LogP contribution in [0.4, 0.5) is 4.39 Å². The largest absolute Gasteiger partial charge is 0.381 e. The average molecular weight is 469 g/mol. The van der Waals surface area contributed by atoms with Crippen LogP contribution in [0.3, 0.4) is 0 Å². The number of nitrogens with zero attached hydrogens (tertiary/aromatic N) is 4. The van der Waals surface area contributed by atoms with E-state index in [0.29, 0.717) is 39.1 Å². The summed E-state index contributed by atoms with van der Waals surface area (Å²) < 4.78 is 49.3. The quantitative estimate of drug-likeness (QED) is 0.554. The molecular formula is C24H25FN4O3S. The summed E-state index contributed by atoms with van der Waals surface area (Å²) >= 11 is 0. The highest BCUT2D eigenvalue weighted by molar-refractivity contribution is 7.89. The molecule has 1 saturated heterocycles. The Kier molecular flexibility index (Phi) is 5.64. The van der Waals surface area contributed by atoms with Gasteiger partial charge in [0.1, 0.15) is 10.7 Å². The van der Waals surface area contributed by atoms with Gasteiger partial charge in [-0.25, -0.2) is 17.5 Å². The number of benzene rings is 1. The van der Waals surface area contributed by atoms with E-state index in [4.69, 9.17) is 4.74 Å². The second-order valence-corrected chi connectivity index (χ2v) is 10.4. The predicted molar refractivity (Wildman–Crippen MR) is 122 cm³/mol. The van der Waals surface area contributed by atoms with E-state index in [1.54, 1.807) is 34.8 Å². The van der Waals surface area contributed by atoms with Crippen molar-refractivity contribution >= 4 is 16.1 Å². The number of aromatic nitrogens is 3. The maximum absolute atomic E-state index is 13.4. The normalized spacial score (nSPS) is 20.7. The minimum absolute atomic E-state index is 0.199. The summed E-state index contributed by atoms with van der Waals surface area (Å²) in [4.78, 5) is 4.18. The molecule has 0 bridgehead atoms. The molecule has 2 aliphatic rings. The SMILES string of the molecule is CCOCC12Cc3cnn(-c4ccc(F)cc4)c3C=C1CCN(S(=O)(=O)c1cccnc1)C2. The molecule has 2 aromatic heterocycles. The zero-order valence-electron chi connectivity index (χ0n) is 18.3. The molecule has 1 aliphatic heterocycles. The molecule has 172 valence electrons. The fourth-order valence-electron chi connectivity index (χ4n) is 4.76. The smallest absolute Gasteiger partial charge is 0.244 e. The van der Waals surface area contributed by atoms with Crippen LogP contribution in [0.5, 0.6) is 0 Å². The minimum atomic E-state index is -3.66. The number of halogens is 1. The van der Waals surface area contributed by atoms with E-state index in [1.807, 2.05) is 17.8 Å². The van der Waals surface area contributed by atoms with Crippen molar-refractivity contribution in [2.24, 2.45) is 5.41 Å². The van der Waals surface area contributed by atoms with Crippen molar-refractivity contribution in [1.29, 1.82) is 0 Å². The molecule has 0 radical (unpaired) electrons. The van der Waals surface area contributed by atoms with Crippen LogP contribution in [0, 0.1) is 11.2 Å². The molecule has 33 heavy (non-hydrogen) atoms. The van der Waals surface area contributed by atoms with E-state index in [0.717, 1.165) is 22.5 Å². The Morgan fingerprint density at radius 2 is 2.00 bits per heavy atom. The Morgan fingerprint density at radius 1 is 1.18 bits per heavy atom. The third kappa shape index (κ3) is 3.90. The summed E-state index contributed by atoms with van der Waals surface area (Å²) in [6.45, 7) is 3.63. The number of hydrogen-bond donors (Lipinski definition) is 0. The summed E-state index contributed by atoms with van der Waals surface area (Å²) in [5.41, 5.74) is 3.44. The first-order valence-corrected chi connectivity index (χ1v) is 12.4. The van der Waals surface area contributed by atoms with Crippen LogP contribution in [0.2, 0.25) is 0 Å². The van der Waals surface area contributed by atoms with E-state index in [-0.39, 0.29) is 10.7 Å². The first-order valence-electron chi connectivity index (χ1n) is 10.9. The molecule has 7 nitrogen and oxygen atoms in total. The Labute approximate surface area is 192 Å². The molecule has 0 N–H and O–H groups in total. The second kappa shape index (κ2) is 8.48. The summed E-state index contributed by atoms with van der Waals surface area (Å²) in [5, 5.41) is 4.55. The maximum atomic E-state index is 13.4. The average Bonchev–Trinajstić information content (AvgIpc) is 3.24. The molecule has 1 aliphatic carbocycles. The molecule has 0 spiro atoms. The summed E-state index contributed by atoms with van der Waals surface area (Å²) in [7, 11) is -3.66. The minimum Gasteiger partial charge on any atom is -0.381 e. The van der Waals surface area contributed by atoms with Gasteiger partial charge in [0.05, 0.1) is 24.2 Å². The van der Waals surface area contributed by atoms with Gasteiger partial charge in [-0.2, -0.15) is 9.40 Å². The van der Waals surface area contributed by atoms with Crippen molar-refractivity contribution in [2.45, 2.75) is 24.7 Å². The molecule has 3 aromatic rings. The number of rotatable bonds is 6. The van der Waals surface area contributed by atoms with Crippen LogP contribution in [0.25, 0.3) is 11.8 Å². The lowest BCUT2D eigenvalue weighted by Crippen LogP contribution is -2.51. The Balaban J connectivity index is 1.52. The van der Waals surface area contributed by atoms with E-state index < -0.39 is 15.4 Å². The monoisotopic (exact) mass is 468 g/mol. The molecule has 1 atom stereocenters. The Morgan fingerprint density at radius 3 is 2.73 bits per heavy atom. The molecule has 0 saturated carbocycles. The molecule has 5 rings (SSSR count). The topological polar surface area (TPSA) is 77.3 Å². The molecule has 3 heterocycles. The Hall–Kier alpha value is -2.88. The van der Waals surface area contributed by atoms with Gasteiger partial charge in [-0.1, -0.05) is 5.57 Å². The standard InChI is InChI=1S/C24H25FN4O3S/c1-2-32-17-24-13-18-14-27-29(21-7-5-20(25)6-8-21)23(18)12-19(24)9-11-28(16-24)33(30,31)22-4-3-10-26-15-22/h3-8,10,12,14-15H,2,9,11,13,16-17H2,1H3. The van der Waals surface area contributed by atoms with E-state index in [9.17, 15) is 12.8 Å². The number of hydrogen-bond acceptors (Lipinski definition) is 5. The van der Waals surface area contributed by atoms with Gasteiger partial charge >= 0.3 is 0 Å². The van der Waals surface area contributed by atoms with Crippen LogP contribution < -0.4 is 0 Å². The number of piperidine rings is 1. The lowest BCUT2D eigenvalue weighted by Gasteiger charge is -2.45. The number of pyridine rings is 1. The van der Waals surface area contributed by atoms with Gasteiger partial charge in [-0.3, -0.25) is 4.98 Å². The number of sulfonamides is 1. The Bertz CT molecular complexity index is 1290. The fourth-order valence-corrected chi connectivity index (χ4v) is 6.25. The van der Waals surface area contributed by atoms with Crippen molar-refractivity contribution in [2.75, 3.05) is 26.3 Å². The fraction of sp³-hybridized carbons (Fsp3) is 0.333. The van der Waals surface area contributed by atoms with E-state index in [1.165, 1.54) is 18.3 Å². The number of ether oxygens (including phenoxy) is 1. The van der Waals surface area contributed by atoms with Gasteiger partial charge in [0, 0.05) is 37.5 Å². The van der Waals surface area contributed by atoms with Crippen molar-refractivity contribution in [3.05, 3.63) is 77.6 Å². The summed E-state index contributed by atoms with van der Waals surface area (Å²) in [5.74, 6) is -0.295. The van der Waals surface area contributed by atoms with Gasteiger partial charge in [-0.15, -0.1) is 0 Å². The van der Waals surface area contributed by atoms with Gasteiger partial charge in [0.15, 0.2) is 0 Å². The third-order valence-corrected chi connectivity index (χ3v) is 8.27. The van der Waals surface area contributed by atoms with Crippen molar-refractivity contribution in [1.82, 2.24) is 19.1 Å². The van der Waals surface area contributed by atoms with Crippen LogP contribution in [0.15, 0.2) is 65.5 Å². The third-order valence-electron chi connectivity index (χ3n) is 6.44. The van der Waals surface area contributed by atoms with Crippen LogP contribution in [-0.2, 0) is 21.2 Å². The van der Waals surface area contributed by atoms with E-state index >= 15 is 0 Å². The van der Waals surface area contributed by atoms with Gasteiger partial charge < -0.3 is 4.74 Å². The van der Waals surface area contributed by atoms with Crippen molar-refractivity contribution in [3.63, 3.8) is 0 Å². The first kappa shape index (κ1) is 21.9. The van der Waals surface area contributed by atoms with Crippen LogP contribution in [-0.4, -0.2) is 53.8 Å². The molecule has 1 aromatic carbocycles. The summed E-state index contributed by atoms with van der Waals surface area (Å²) in [6.07, 6.45) is 8.10. The first-order chi connectivity index (χ1) is 15.9. The maximum Gasteiger partial charge on any atom is 0.244 e. The highest BCUT2D eigenvalue weighted by Crippen LogP contribution is 2.45. The van der Waals surface area contributed by atoms with E-state index in [2.05, 4.69) is 16.2 Å². The van der Waals surface area contributed by atoms with Crippen LogP contribution >= 0.6 is 0 Å². The molecule has 9 heteroatoms. The highest BCUT2D eigenvalue weighted by atomic mass is 32.2. The highest BCUT2D eigenvalue weighted by Gasteiger charge is 2.46. The zero-order valence-corrected chi connectivity index (χ0v) is 19.1. The molecule has 1 unspecified atom stereocenters. The van der Waals surface area contributed by atoms with Gasteiger partial charge in [0.2, 0.25) is 10.0 Å². The van der Waals surface area contributed by atoms with Gasteiger partial charge in [0.25, 0.3) is 0 Å². The predicted octanol–water partition coefficient (Wildman–Crippen LogP) is 3.46. The lowest BCUT2D eigenvalue weighted by molar-refractivity contribution is 0.0477. The summed E-state index contributed by atoms with van der Waals surface area (Å²) in [6, 6.07) is 9.45. The van der Waals surface area contributed by atoms with Gasteiger partial charge in [-0.05, 0) is 67.8 Å². The van der Waals surface area contributed by atoms with Crippen molar-refractivity contribution in [3.8, 4) is 5.69 Å². The van der Waals surface area contributed by atoms with Crippen molar-refractivity contribution < 1.29 is 17.5 Å². The second-order valence-electron chi connectivity index (χ2n) is 8.48.